The molecule has 4 rings (SSSR count). The van der Waals surface area contributed by atoms with Crippen LogP contribution in [0, 0.1) is 5.92 Å². The standard InChI is InChI=1S/C20H28N6O/c1-15-7-11-25(12-8-15)18-4-2-3-16(13-18)22-20(27)19-14-26(24-23-19)17-5-9-21-10-6-17/h2-4,13-15,17,21H,5-12H2,1H3,(H,22,27). The van der Waals surface area contributed by atoms with Crippen molar-refractivity contribution in [2.24, 2.45) is 5.92 Å². The molecule has 1 aromatic heterocycles. The SMILES string of the molecule is CC1CCN(c2cccc(NC(=O)c3cn(C4CCNCC4)nn3)c2)CC1. The Morgan fingerprint density at radius 3 is 2.74 bits per heavy atom. The van der Waals surface area contributed by atoms with Crippen LogP contribution in [-0.4, -0.2) is 47.1 Å². The van der Waals surface area contributed by atoms with Crippen LogP contribution in [0.2, 0.25) is 0 Å². The van der Waals surface area contributed by atoms with Gasteiger partial charge in [-0.15, -0.1) is 5.10 Å². The van der Waals surface area contributed by atoms with Crippen LogP contribution in [0.15, 0.2) is 30.5 Å². The van der Waals surface area contributed by atoms with Crippen LogP contribution in [0.5, 0.6) is 0 Å². The molecule has 2 fully saturated rings. The van der Waals surface area contributed by atoms with Crippen LogP contribution >= 0.6 is 0 Å². The molecule has 0 aliphatic carbocycles. The van der Waals surface area contributed by atoms with Gasteiger partial charge in [-0.1, -0.05) is 18.2 Å². The molecule has 2 aliphatic heterocycles. The summed E-state index contributed by atoms with van der Waals surface area (Å²) in [5.41, 5.74) is 2.33. The number of amides is 1. The molecule has 1 amide bonds. The zero-order chi connectivity index (χ0) is 18.6. The molecule has 7 heteroatoms. The first-order valence-corrected chi connectivity index (χ1v) is 9.98. The fourth-order valence-corrected chi connectivity index (χ4v) is 3.87. The number of rotatable bonds is 4. The average molecular weight is 368 g/mol. The van der Waals surface area contributed by atoms with E-state index in [-0.39, 0.29) is 5.91 Å². The van der Waals surface area contributed by atoms with Crippen molar-refractivity contribution in [2.45, 2.75) is 38.6 Å². The molecular formula is C20H28N6O. The highest BCUT2D eigenvalue weighted by Gasteiger charge is 2.20. The number of carbonyl (C=O) groups excluding carboxylic acids is 1. The third-order valence-electron chi connectivity index (χ3n) is 5.68. The van der Waals surface area contributed by atoms with E-state index in [1.807, 2.05) is 22.9 Å². The second kappa shape index (κ2) is 8.08. The first-order chi connectivity index (χ1) is 13.2. The number of carbonyl (C=O) groups is 1. The third kappa shape index (κ3) is 4.30. The first kappa shape index (κ1) is 18.0. The maximum absolute atomic E-state index is 12.6. The topological polar surface area (TPSA) is 75.1 Å². The summed E-state index contributed by atoms with van der Waals surface area (Å²) >= 11 is 0. The Labute approximate surface area is 160 Å². The fourth-order valence-electron chi connectivity index (χ4n) is 3.87. The molecule has 0 saturated carbocycles. The van der Waals surface area contributed by atoms with Gasteiger partial charge in [0.25, 0.3) is 5.91 Å². The Bertz CT molecular complexity index is 774. The van der Waals surface area contributed by atoms with Gasteiger partial charge >= 0.3 is 0 Å². The maximum Gasteiger partial charge on any atom is 0.277 e. The number of hydrogen-bond donors (Lipinski definition) is 2. The van der Waals surface area contributed by atoms with Gasteiger partial charge in [0.2, 0.25) is 0 Å². The van der Waals surface area contributed by atoms with E-state index in [1.165, 1.54) is 12.8 Å². The maximum atomic E-state index is 12.6. The number of hydrogen-bond acceptors (Lipinski definition) is 5. The van der Waals surface area contributed by atoms with E-state index in [9.17, 15) is 4.79 Å². The van der Waals surface area contributed by atoms with Crippen LogP contribution in [0.25, 0.3) is 0 Å². The third-order valence-corrected chi connectivity index (χ3v) is 5.68. The number of nitrogens with one attached hydrogen (secondary N) is 2. The molecule has 0 radical (unpaired) electrons. The molecule has 0 unspecified atom stereocenters. The lowest BCUT2D eigenvalue weighted by atomic mass is 9.99. The van der Waals surface area contributed by atoms with Gasteiger partial charge in [-0.05, 0) is 62.9 Å². The zero-order valence-corrected chi connectivity index (χ0v) is 15.9. The molecule has 2 N–H and O–H groups in total. The quantitative estimate of drug-likeness (QED) is 0.868. The molecule has 0 spiro atoms. The van der Waals surface area contributed by atoms with Gasteiger partial charge in [0.1, 0.15) is 0 Å². The van der Waals surface area contributed by atoms with Crippen molar-refractivity contribution >= 4 is 17.3 Å². The van der Waals surface area contributed by atoms with E-state index in [4.69, 9.17) is 0 Å². The van der Waals surface area contributed by atoms with Gasteiger partial charge in [-0.3, -0.25) is 4.79 Å². The second-order valence-corrected chi connectivity index (χ2v) is 7.74. The van der Waals surface area contributed by atoms with Gasteiger partial charge in [0.05, 0.1) is 12.2 Å². The van der Waals surface area contributed by atoms with Gasteiger partial charge in [0, 0.05) is 24.5 Å². The van der Waals surface area contributed by atoms with Gasteiger partial charge < -0.3 is 15.5 Å². The Hall–Kier alpha value is -2.41. The number of benzene rings is 1. The van der Waals surface area contributed by atoms with Gasteiger partial charge in [0.15, 0.2) is 5.69 Å². The fraction of sp³-hybridized carbons (Fsp3) is 0.550. The van der Waals surface area contributed by atoms with Crippen LogP contribution in [-0.2, 0) is 0 Å². The van der Waals surface area contributed by atoms with E-state index < -0.39 is 0 Å². The lowest BCUT2D eigenvalue weighted by Gasteiger charge is -2.32. The summed E-state index contributed by atoms with van der Waals surface area (Å²) in [6, 6.07) is 8.40. The predicted molar refractivity (Wildman–Crippen MR) is 106 cm³/mol. The minimum atomic E-state index is -0.209. The number of piperidine rings is 2. The summed E-state index contributed by atoms with van der Waals surface area (Å²) in [5, 5.41) is 14.6. The summed E-state index contributed by atoms with van der Waals surface area (Å²) < 4.78 is 1.83. The van der Waals surface area contributed by atoms with Crippen LogP contribution in [0.1, 0.15) is 49.1 Å². The van der Waals surface area contributed by atoms with Crippen molar-refractivity contribution in [1.82, 2.24) is 20.3 Å². The van der Waals surface area contributed by atoms with Gasteiger partial charge in [-0.2, -0.15) is 0 Å². The second-order valence-electron chi connectivity index (χ2n) is 7.74. The summed E-state index contributed by atoms with van der Waals surface area (Å²) in [4.78, 5) is 15.0. The van der Waals surface area contributed by atoms with Crippen molar-refractivity contribution < 1.29 is 4.79 Å². The molecule has 144 valence electrons. The molecule has 2 saturated heterocycles. The molecular weight excluding hydrogens is 340 g/mol. The molecule has 7 nitrogen and oxygen atoms in total. The minimum Gasteiger partial charge on any atom is -0.371 e. The van der Waals surface area contributed by atoms with Crippen molar-refractivity contribution in [3.8, 4) is 0 Å². The molecule has 0 atom stereocenters. The lowest BCUT2D eigenvalue weighted by molar-refractivity contribution is 0.102. The number of aromatic nitrogens is 3. The number of anilines is 2. The Morgan fingerprint density at radius 1 is 1.19 bits per heavy atom. The summed E-state index contributed by atoms with van der Waals surface area (Å²) in [7, 11) is 0. The van der Waals surface area contributed by atoms with E-state index in [2.05, 4.69) is 38.8 Å². The highest BCUT2D eigenvalue weighted by molar-refractivity contribution is 6.02. The van der Waals surface area contributed by atoms with E-state index in [0.29, 0.717) is 11.7 Å². The molecule has 3 heterocycles. The highest BCUT2D eigenvalue weighted by atomic mass is 16.2. The van der Waals surface area contributed by atoms with E-state index in [1.54, 1.807) is 6.20 Å². The minimum absolute atomic E-state index is 0.209. The largest absolute Gasteiger partial charge is 0.371 e. The Kier molecular flexibility index (Phi) is 5.38. The normalized spacial score (nSPS) is 19.2. The van der Waals surface area contributed by atoms with Crippen molar-refractivity contribution in [3.05, 3.63) is 36.2 Å². The van der Waals surface area contributed by atoms with Crippen molar-refractivity contribution in [3.63, 3.8) is 0 Å². The van der Waals surface area contributed by atoms with Crippen molar-refractivity contribution in [1.29, 1.82) is 0 Å². The first-order valence-electron chi connectivity index (χ1n) is 9.98. The van der Waals surface area contributed by atoms with E-state index in [0.717, 1.165) is 56.3 Å². The average Bonchev–Trinajstić information content (AvgIpc) is 3.20. The molecule has 27 heavy (non-hydrogen) atoms. The van der Waals surface area contributed by atoms with Crippen molar-refractivity contribution in [2.75, 3.05) is 36.4 Å². The van der Waals surface area contributed by atoms with Crippen LogP contribution in [0.4, 0.5) is 11.4 Å². The van der Waals surface area contributed by atoms with Crippen LogP contribution in [0.3, 0.4) is 0 Å². The lowest BCUT2D eigenvalue weighted by Crippen LogP contribution is -2.32. The predicted octanol–water partition coefficient (Wildman–Crippen LogP) is 2.69. The zero-order valence-electron chi connectivity index (χ0n) is 15.9. The monoisotopic (exact) mass is 368 g/mol. The molecule has 2 aliphatic rings. The smallest absolute Gasteiger partial charge is 0.277 e. The molecule has 1 aromatic carbocycles. The van der Waals surface area contributed by atoms with Gasteiger partial charge in [-0.25, -0.2) is 4.68 Å². The van der Waals surface area contributed by atoms with Crippen LogP contribution < -0.4 is 15.5 Å². The number of nitrogens with zero attached hydrogens (tertiary/aromatic N) is 4. The summed E-state index contributed by atoms with van der Waals surface area (Å²) in [6.45, 7) is 6.42. The Morgan fingerprint density at radius 2 is 1.96 bits per heavy atom. The summed E-state index contributed by atoms with van der Waals surface area (Å²) in [5.74, 6) is 0.589. The molecule has 2 aromatic rings. The Balaban J connectivity index is 1.41. The summed E-state index contributed by atoms with van der Waals surface area (Å²) in [6.07, 6.45) is 6.23. The molecule has 0 bridgehead atoms. The highest BCUT2D eigenvalue weighted by Crippen LogP contribution is 2.25. The van der Waals surface area contributed by atoms with E-state index >= 15 is 0 Å².